The molecular weight excluding hydrogens is 400 g/mol. The summed E-state index contributed by atoms with van der Waals surface area (Å²) in [5, 5.41) is 1.77. The van der Waals surface area contributed by atoms with Crippen LogP contribution in [-0.4, -0.2) is 55.7 Å². The van der Waals surface area contributed by atoms with Crippen LogP contribution in [0.4, 0.5) is 0 Å². The number of carbonyl (C=O) groups is 2. The lowest BCUT2D eigenvalue weighted by molar-refractivity contribution is 0.0628. The lowest BCUT2D eigenvalue weighted by Gasteiger charge is -2.30. The van der Waals surface area contributed by atoms with Gasteiger partial charge in [0.1, 0.15) is 11.4 Å². The molecule has 0 spiro atoms. The minimum atomic E-state index is -0.105. The van der Waals surface area contributed by atoms with Gasteiger partial charge in [-0.15, -0.1) is 0 Å². The molecule has 0 aliphatic carbocycles. The summed E-state index contributed by atoms with van der Waals surface area (Å²) in [6, 6.07) is 11.5. The van der Waals surface area contributed by atoms with E-state index in [9.17, 15) is 9.59 Å². The van der Waals surface area contributed by atoms with E-state index < -0.39 is 0 Å². The SMILES string of the molecule is CC(C)N(C(=O)c1ccc2ccc3ccc(C(=O)N(C(C)C)C(C)C)nc3c2n1)C(C)C. The first-order valence-electron chi connectivity index (χ1n) is 11.4. The van der Waals surface area contributed by atoms with Gasteiger partial charge in [-0.1, -0.05) is 24.3 Å². The third kappa shape index (κ3) is 4.45. The zero-order valence-electron chi connectivity index (χ0n) is 20.4. The average molecular weight is 435 g/mol. The molecule has 32 heavy (non-hydrogen) atoms. The molecule has 3 rings (SSSR count). The fourth-order valence-corrected chi connectivity index (χ4v) is 4.40. The zero-order valence-corrected chi connectivity index (χ0v) is 20.4. The highest BCUT2D eigenvalue weighted by molar-refractivity contribution is 6.06. The van der Waals surface area contributed by atoms with Gasteiger partial charge in [-0.05, 0) is 67.5 Å². The first kappa shape index (κ1) is 23.6. The summed E-state index contributed by atoms with van der Waals surface area (Å²) in [6.45, 7) is 16.0. The molecule has 1 aromatic carbocycles. The van der Waals surface area contributed by atoms with Crippen molar-refractivity contribution in [2.75, 3.05) is 0 Å². The Bertz CT molecular complexity index is 1040. The summed E-state index contributed by atoms with van der Waals surface area (Å²) in [4.78, 5) is 39.5. The molecule has 170 valence electrons. The maximum Gasteiger partial charge on any atom is 0.272 e. The topological polar surface area (TPSA) is 66.4 Å². The molecule has 2 heterocycles. The van der Waals surface area contributed by atoms with Gasteiger partial charge in [-0.25, -0.2) is 9.97 Å². The Morgan fingerprint density at radius 3 is 1.12 bits per heavy atom. The Hall–Kier alpha value is -3.02. The van der Waals surface area contributed by atoms with Crippen LogP contribution < -0.4 is 0 Å². The largest absolute Gasteiger partial charge is 0.332 e. The number of pyridine rings is 2. The van der Waals surface area contributed by atoms with Gasteiger partial charge in [-0.3, -0.25) is 9.59 Å². The molecule has 0 unspecified atom stereocenters. The average Bonchev–Trinajstić information content (AvgIpc) is 2.71. The number of fused-ring (bicyclic) bond motifs is 3. The van der Waals surface area contributed by atoms with Crippen molar-refractivity contribution < 1.29 is 9.59 Å². The summed E-state index contributed by atoms with van der Waals surface area (Å²) < 4.78 is 0. The van der Waals surface area contributed by atoms with Crippen molar-refractivity contribution >= 4 is 33.6 Å². The Morgan fingerprint density at radius 2 is 0.844 bits per heavy atom. The number of carbonyl (C=O) groups excluding carboxylic acids is 2. The maximum atomic E-state index is 13.2. The van der Waals surface area contributed by atoms with E-state index in [1.165, 1.54) is 0 Å². The Kier molecular flexibility index (Phi) is 6.82. The van der Waals surface area contributed by atoms with Crippen molar-refractivity contribution in [1.29, 1.82) is 0 Å². The molecule has 0 aliphatic rings. The van der Waals surface area contributed by atoms with Gasteiger partial charge in [0.05, 0.1) is 11.0 Å². The van der Waals surface area contributed by atoms with Crippen molar-refractivity contribution in [3.8, 4) is 0 Å². The summed E-state index contributed by atoms with van der Waals surface area (Å²) in [5.74, 6) is -0.209. The minimum absolute atomic E-state index is 0.0629. The molecule has 0 saturated heterocycles. The van der Waals surface area contributed by atoms with Gasteiger partial charge >= 0.3 is 0 Å². The smallest absolute Gasteiger partial charge is 0.272 e. The van der Waals surface area contributed by atoms with Gasteiger partial charge in [0.15, 0.2) is 0 Å². The van der Waals surface area contributed by atoms with Crippen LogP contribution in [0.15, 0.2) is 36.4 Å². The number of nitrogens with zero attached hydrogens (tertiary/aromatic N) is 4. The van der Waals surface area contributed by atoms with Crippen molar-refractivity contribution in [2.24, 2.45) is 0 Å². The van der Waals surface area contributed by atoms with E-state index in [4.69, 9.17) is 9.97 Å². The van der Waals surface area contributed by atoms with E-state index in [1.807, 2.05) is 89.5 Å². The highest BCUT2D eigenvalue weighted by Crippen LogP contribution is 2.25. The van der Waals surface area contributed by atoms with Crippen molar-refractivity contribution in [1.82, 2.24) is 19.8 Å². The molecule has 6 heteroatoms. The lowest BCUT2D eigenvalue weighted by Crippen LogP contribution is -2.42. The predicted molar refractivity (Wildman–Crippen MR) is 130 cm³/mol. The van der Waals surface area contributed by atoms with Crippen LogP contribution in [0.2, 0.25) is 0 Å². The first-order valence-corrected chi connectivity index (χ1v) is 11.4. The molecule has 0 aliphatic heterocycles. The van der Waals surface area contributed by atoms with E-state index >= 15 is 0 Å². The van der Waals surface area contributed by atoms with E-state index in [-0.39, 0.29) is 36.0 Å². The molecule has 6 nitrogen and oxygen atoms in total. The number of benzene rings is 1. The summed E-state index contributed by atoms with van der Waals surface area (Å²) in [6.07, 6.45) is 0. The minimum Gasteiger partial charge on any atom is -0.332 e. The number of rotatable bonds is 6. The van der Waals surface area contributed by atoms with Crippen LogP contribution in [0.25, 0.3) is 21.8 Å². The molecule has 0 bridgehead atoms. The van der Waals surface area contributed by atoms with Crippen LogP contribution in [-0.2, 0) is 0 Å². The molecule has 0 radical (unpaired) electrons. The van der Waals surface area contributed by atoms with Crippen LogP contribution in [0, 0.1) is 0 Å². The predicted octanol–water partition coefficient (Wildman–Crippen LogP) is 5.30. The second kappa shape index (κ2) is 9.23. The molecule has 0 fully saturated rings. The van der Waals surface area contributed by atoms with Crippen molar-refractivity contribution in [3.63, 3.8) is 0 Å². The fraction of sp³-hybridized carbons (Fsp3) is 0.462. The molecular formula is C26H34N4O2. The third-order valence-corrected chi connectivity index (χ3v) is 5.65. The Labute approximate surface area is 190 Å². The normalized spacial score (nSPS) is 11.9. The van der Waals surface area contributed by atoms with Crippen molar-refractivity contribution in [2.45, 2.75) is 79.6 Å². The van der Waals surface area contributed by atoms with E-state index in [2.05, 4.69) is 0 Å². The first-order chi connectivity index (χ1) is 15.0. The van der Waals surface area contributed by atoms with Crippen LogP contribution in [0.1, 0.15) is 76.4 Å². The van der Waals surface area contributed by atoms with E-state index in [0.717, 1.165) is 10.8 Å². The molecule has 0 saturated carbocycles. The Morgan fingerprint density at radius 1 is 0.562 bits per heavy atom. The third-order valence-electron chi connectivity index (χ3n) is 5.65. The second-order valence-electron chi connectivity index (χ2n) is 9.40. The number of aromatic nitrogens is 2. The van der Waals surface area contributed by atoms with Crippen LogP contribution in [0.5, 0.6) is 0 Å². The summed E-state index contributed by atoms with van der Waals surface area (Å²) in [5.41, 5.74) is 2.04. The molecule has 0 atom stereocenters. The van der Waals surface area contributed by atoms with Gasteiger partial charge in [0.25, 0.3) is 11.8 Å². The quantitative estimate of drug-likeness (QED) is 0.494. The zero-order chi connectivity index (χ0) is 23.7. The second-order valence-corrected chi connectivity index (χ2v) is 9.40. The maximum absolute atomic E-state index is 13.2. The van der Waals surface area contributed by atoms with Gasteiger partial charge in [0, 0.05) is 34.9 Å². The van der Waals surface area contributed by atoms with Gasteiger partial charge < -0.3 is 9.80 Å². The Balaban J connectivity index is 2.15. The number of hydrogen-bond acceptors (Lipinski definition) is 4. The lowest BCUT2D eigenvalue weighted by atomic mass is 10.1. The van der Waals surface area contributed by atoms with Gasteiger partial charge in [0.2, 0.25) is 0 Å². The standard InChI is InChI=1S/C26H34N4O2/c1-15(2)29(16(3)4)25(31)21-13-11-19-9-10-20-12-14-22(28-24(20)23(19)27-21)26(32)30(17(5)6)18(7)8/h9-18H,1-8H3. The highest BCUT2D eigenvalue weighted by Gasteiger charge is 2.25. The van der Waals surface area contributed by atoms with E-state index in [1.54, 1.807) is 12.1 Å². The summed E-state index contributed by atoms with van der Waals surface area (Å²) in [7, 11) is 0. The van der Waals surface area contributed by atoms with Crippen LogP contribution in [0.3, 0.4) is 0 Å². The highest BCUT2D eigenvalue weighted by atomic mass is 16.2. The number of amides is 2. The van der Waals surface area contributed by atoms with Gasteiger partial charge in [-0.2, -0.15) is 0 Å². The van der Waals surface area contributed by atoms with E-state index in [0.29, 0.717) is 22.4 Å². The molecule has 2 aromatic heterocycles. The molecule has 2 amide bonds. The molecule has 0 N–H and O–H groups in total. The monoisotopic (exact) mass is 434 g/mol. The number of hydrogen-bond donors (Lipinski definition) is 0. The summed E-state index contributed by atoms with van der Waals surface area (Å²) >= 11 is 0. The molecule has 3 aromatic rings. The van der Waals surface area contributed by atoms with Crippen molar-refractivity contribution in [3.05, 3.63) is 47.8 Å². The van der Waals surface area contributed by atoms with Crippen LogP contribution >= 0.6 is 0 Å². The fourth-order valence-electron chi connectivity index (χ4n) is 4.40.